The van der Waals surface area contributed by atoms with Gasteiger partial charge in [-0.2, -0.15) is 4.91 Å². The maximum absolute atomic E-state index is 10.5. The van der Waals surface area contributed by atoms with Gasteiger partial charge in [0.2, 0.25) is 0 Å². The van der Waals surface area contributed by atoms with Gasteiger partial charge >= 0.3 is 0 Å². The Morgan fingerprint density at radius 3 is 1.51 bits per heavy atom. The lowest BCUT2D eigenvalue weighted by molar-refractivity contribution is 0.0405. The number of benzene rings is 8. The number of aromatic nitrogens is 2. The molecule has 0 amide bonds. The second-order valence-electron chi connectivity index (χ2n) is 20.0. The van der Waals surface area contributed by atoms with Crippen LogP contribution >= 0.6 is 0 Å². The highest BCUT2D eigenvalue weighted by atomic mass is 16.5. The summed E-state index contributed by atoms with van der Waals surface area (Å²) < 4.78 is 44.7. The molecule has 8 aromatic carbocycles. The first-order valence-electron chi connectivity index (χ1n) is 28.1. The number of allylic oxidation sites excluding steroid dienone is 1. The molecule has 416 valence electrons. The van der Waals surface area contributed by atoms with E-state index in [-0.39, 0.29) is 38.3 Å². The largest absolute Gasteiger partial charge is 0.491 e. The van der Waals surface area contributed by atoms with Crippen molar-refractivity contribution in [2.75, 3.05) is 95.6 Å². The molecule has 0 saturated heterocycles. The van der Waals surface area contributed by atoms with Crippen LogP contribution in [0.3, 0.4) is 0 Å². The average molecular weight is 1100 g/mol. The number of aliphatic hydroxyl groups excluding tert-OH is 1. The zero-order chi connectivity index (χ0) is 55.6. The summed E-state index contributed by atoms with van der Waals surface area (Å²) in [6, 6.07) is 64.4. The Balaban J connectivity index is 0.917. The molecule has 1 aliphatic carbocycles. The first-order valence-corrected chi connectivity index (χ1v) is 28.1. The summed E-state index contributed by atoms with van der Waals surface area (Å²) in [5, 5.41) is 16.5. The minimum atomic E-state index is -0.0156. The van der Waals surface area contributed by atoms with Gasteiger partial charge in [0.15, 0.2) is 0 Å². The van der Waals surface area contributed by atoms with Crippen LogP contribution in [-0.2, 0) is 18.9 Å². The molecule has 2 atom stereocenters. The molecule has 14 nitrogen and oxygen atoms in total. The van der Waals surface area contributed by atoms with E-state index in [9.17, 15) is 4.91 Å². The van der Waals surface area contributed by atoms with Gasteiger partial charge in [-0.05, 0) is 146 Å². The van der Waals surface area contributed by atoms with Gasteiger partial charge in [0.1, 0.15) is 43.6 Å². The molecular weight excluding hydrogens is 1030 g/mol. The molecule has 0 radical (unpaired) electrons. The monoisotopic (exact) mass is 1100 g/mol. The maximum Gasteiger partial charge on any atom is 0.119 e. The van der Waals surface area contributed by atoms with Crippen molar-refractivity contribution in [2.45, 2.75) is 18.9 Å². The highest BCUT2D eigenvalue weighted by molar-refractivity contribution is 6.12. The van der Waals surface area contributed by atoms with E-state index in [0.717, 1.165) is 101 Å². The normalized spacial score (nSPS) is 14.6. The fraction of sp³-hybridized carbons (Fsp3) is 0.235. The number of nitroso groups, excluding NO2 is 1. The first kappa shape index (κ1) is 53.9. The fourth-order valence-electron chi connectivity index (χ4n) is 11.5. The van der Waals surface area contributed by atoms with E-state index in [0.29, 0.717) is 59.5 Å². The van der Waals surface area contributed by atoms with Gasteiger partial charge in [-0.25, -0.2) is 0 Å². The zero-order valence-corrected chi connectivity index (χ0v) is 45.8. The van der Waals surface area contributed by atoms with Crippen molar-refractivity contribution in [1.82, 2.24) is 9.13 Å². The number of fused-ring (bicyclic) bond motifs is 9. The second kappa shape index (κ2) is 25.4. The van der Waals surface area contributed by atoms with Gasteiger partial charge < -0.3 is 57.2 Å². The van der Waals surface area contributed by atoms with Gasteiger partial charge in [0.25, 0.3) is 0 Å². The molecule has 2 unspecified atom stereocenters. The molecule has 14 heteroatoms. The van der Waals surface area contributed by atoms with Crippen LogP contribution in [-0.4, -0.2) is 106 Å². The quantitative estimate of drug-likeness (QED) is 0.0390. The predicted octanol–water partition coefficient (Wildman–Crippen LogP) is 13.8. The highest BCUT2D eigenvalue weighted by Crippen LogP contribution is 2.50. The molecule has 3 heterocycles. The fourth-order valence-corrected chi connectivity index (χ4v) is 11.5. The Labute approximate surface area is 476 Å². The lowest BCUT2D eigenvalue weighted by Gasteiger charge is -2.33. The van der Waals surface area contributed by atoms with E-state index in [2.05, 4.69) is 188 Å². The van der Waals surface area contributed by atoms with E-state index in [1.54, 1.807) is 0 Å². The highest BCUT2D eigenvalue weighted by Gasteiger charge is 2.39. The van der Waals surface area contributed by atoms with Crippen LogP contribution < -0.4 is 24.0 Å². The van der Waals surface area contributed by atoms with Crippen molar-refractivity contribution in [1.29, 1.82) is 0 Å². The summed E-state index contributed by atoms with van der Waals surface area (Å²) in [5.74, 6) is 2.31. The Kier molecular flexibility index (Phi) is 16.7. The summed E-state index contributed by atoms with van der Waals surface area (Å²) in [7, 11) is 0. The lowest BCUT2D eigenvalue weighted by Crippen LogP contribution is -2.30. The first-order chi connectivity index (χ1) is 40.6. The van der Waals surface area contributed by atoms with Gasteiger partial charge in [-0.1, -0.05) is 71.9 Å². The van der Waals surface area contributed by atoms with Crippen LogP contribution in [0, 0.1) is 4.91 Å². The zero-order valence-electron chi connectivity index (χ0n) is 45.8. The smallest absolute Gasteiger partial charge is 0.119 e. The number of aliphatic hydroxyl groups is 1. The molecule has 0 spiro atoms. The summed E-state index contributed by atoms with van der Waals surface area (Å²) >= 11 is 0. The molecule has 2 aliphatic rings. The minimum Gasteiger partial charge on any atom is -0.491 e. The molecule has 82 heavy (non-hydrogen) atoms. The second-order valence-corrected chi connectivity index (χ2v) is 20.0. The number of nitrogens with zero attached hydrogens (tertiary/aromatic N) is 5. The minimum absolute atomic E-state index is 0.0156. The molecule has 1 N–H and O–H groups in total. The van der Waals surface area contributed by atoms with E-state index < -0.39 is 0 Å². The molecule has 1 aliphatic heterocycles. The van der Waals surface area contributed by atoms with Crippen molar-refractivity contribution in [3.63, 3.8) is 0 Å². The number of hydrogen-bond donors (Lipinski definition) is 1. The molecule has 10 aromatic rings. The molecular formula is C68H65N5O9. The van der Waals surface area contributed by atoms with Crippen LogP contribution in [0.4, 0.5) is 22.7 Å². The van der Waals surface area contributed by atoms with E-state index in [1.807, 2.05) is 43.3 Å². The number of ether oxygens (including phenoxy) is 7. The van der Waals surface area contributed by atoms with Crippen LogP contribution in [0.2, 0.25) is 0 Å². The Morgan fingerprint density at radius 1 is 0.488 bits per heavy atom. The van der Waals surface area contributed by atoms with Gasteiger partial charge in [-0.3, -0.25) is 0 Å². The lowest BCUT2D eigenvalue weighted by atomic mass is 9.89. The summed E-state index contributed by atoms with van der Waals surface area (Å²) in [5.41, 5.74) is 13.0. The topological polar surface area (TPSA) is 131 Å². The van der Waals surface area contributed by atoms with E-state index in [4.69, 9.17) is 38.3 Å². The summed E-state index contributed by atoms with van der Waals surface area (Å²) in [4.78, 5) is 15.3. The van der Waals surface area contributed by atoms with E-state index in [1.165, 1.54) is 5.56 Å². The van der Waals surface area contributed by atoms with Crippen molar-refractivity contribution >= 4 is 66.4 Å². The van der Waals surface area contributed by atoms with Crippen molar-refractivity contribution in [3.05, 3.63) is 216 Å². The van der Waals surface area contributed by atoms with Crippen molar-refractivity contribution < 1.29 is 38.3 Å². The van der Waals surface area contributed by atoms with Crippen LogP contribution in [0.1, 0.15) is 18.4 Å². The molecule has 12 rings (SSSR count). The maximum atomic E-state index is 10.5. The molecule has 0 saturated carbocycles. The Morgan fingerprint density at radius 2 is 0.963 bits per heavy atom. The van der Waals surface area contributed by atoms with Crippen LogP contribution in [0.5, 0.6) is 17.2 Å². The molecule has 2 aromatic heterocycles. The Hall–Kier alpha value is -8.76. The van der Waals surface area contributed by atoms with Gasteiger partial charge in [0.05, 0.1) is 81.0 Å². The Bertz CT molecular complexity index is 3870. The average Bonchev–Trinajstić information content (AvgIpc) is 4.36. The molecule has 0 bridgehead atoms. The number of anilines is 4. The van der Waals surface area contributed by atoms with E-state index >= 15 is 0 Å². The van der Waals surface area contributed by atoms with Crippen molar-refractivity contribution in [3.8, 4) is 28.6 Å². The number of rotatable bonds is 27. The number of para-hydroxylation sites is 3. The molecule has 0 fully saturated rings. The third-order valence-electron chi connectivity index (χ3n) is 15.1. The third kappa shape index (κ3) is 11.2. The van der Waals surface area contributed by atoms with Crippen LogP contribution in [0.15, 0.2) is 211 Å². The van der Waals surface area contributed by atoms with Gasteiger partial charge in [0, 0.05) is 73.9 Å². The van der Waals surface area contributed by atoms with Gasteiger partial charge in [-0.15, -0.1) is 0 Å². The summed E-state index contributed by atoms with van der Waals surface area (Å²) in [6.45, 7) is 6.94. The third-order valence-corrected chi connectivity index (χ3v) is 15.1. The predicted molar refractivity (Wildman–Crippen MR) is 326 cm³/mol. The number of hydrogen-bond acceptors (Lipinski definition) is 12. The van der Waals surface area contributed by atoms with Crippen molar-refractivity contribution in [2.24, 2.45) is 5.18 Å². The van der Waals surface area contributed by atoms with Crippen LogP contribution in [0.25, 0.3) is 55.0 Å². The SMILES string of the molecule is CCOCCOCCOc1ccc(-n2c3ccccc3c3cc(N(C4=CC5c6ccccc6N(c6ccc(OCCOCCN=O)cc6)C5C=C4)c4ccc5c(c4)c4ccccc4n5-c4ccc(OCCOCCO)cc4)ccc32)cc1. The summed E-state index contributed by atoms with van der Waals surface area (Å²) in [6.07, 6.45) is 7.09. The standard InChI is InChI=1S/C68H65N5O9/c1-2-76-37-38-79-41-44-82-56-28-19-50(20-29-56)73-65-14-8-5-11-59(65)62-47-53(23-32-68(62)73)70(52-22-31-67-61(46-52)58-10-4-7-13-64(58)72(67)49-17-26-55(27-18-49)81-43-40-78-36-34-74)51-21-30-66-60(45-51)57-9-3-6-12-63(57)71(66)48-15-24-54(25-16-48)80-42-39-77-35-33-69-75/h3-32,45-47,60,66,74H,2,33-44H2,1H3.